The van der Waals surface area contributed by atoms with Crippen molar-refractivity contribution < 1.29 is 0 Å². The SMILES string of the molecule is c1ccc(N(c2ccc(-c3ccc4c5c(cccc35)-c3cc5ccccc5cc3-4)cc2)c2cccnc2)cc1. The lowest BCUT2D eigenvalue weighted by Gasteiger charge is -2.25. The Kier molecular flexibility index (Phi) is 4.86. The van der Waals surface area contributed by atoms with E-state index >= 15 is 0 Å². The Morgan fingerprint density at radius 3 is 1.79 bits per heavy atom. The van der Waals surface area contributed by atoms with Gasteiger partial charge in [-0.15, -0.1) is 0 Å². The number of para-hydroxylation sites is 1. The van der Waals surface area contributed by atoms with E-state index in [9.17, 15) is 0 Å². The maximum atomic E-state index is 4.37. The van der Waals surface area contributed by atoms with Gasteiger partial charge in [-0.1, -0.05) is 84.9 Å². The molecule has 0 amide bonds. The molecule has 39 heavy (non-hydrogen) atoms. The molecule has 0 aliphatic heterocycles. The molecule has 6 aromatic carbocycles. The zero-order valence-corrected chi connectivity index (χ0v) is 21.3. The second kappa shape index (κ2) is 8.68. The van der Waals surface area contributed by atoms with Gasteiger partial charge in [-0.25, -0.2) is 0 Å². The highest BCUT2D eigenvalue weighted by atomic mass is 15.1. The normalized spacial score (nSPS) is 11.6. The highest BCUT2D eigenvalue weighted by molar-refractivity contribution is 6.20. The largest absolute Gasteiger partial charge is 0.309 e. The Labute approximate surface area is 227 Å². The average Bonchev–Trinajstić information content (AvgIpc) is 3.32. The Hall–Kier alpha value is -5.21. The topological polar surface area (TPSA) is 16.1 Å². The summed E-state index contributed by atoms with van der Waals surface area (Å²) in [6.07, 6.45) is 3.72. The first kappa shape index (κ1) is 21.8. The van der Waals surface area contributed by atoms with E-state index in [1.165, 1.54) is 54.9 Å². The van der Waals surface area contributed by atoms with Crippen LogP contribution in [0.3, 0.4) is 0 Å². The quantitative estimate of drug-likeness (QED) is 0.241. The Bertz CT molecular complexity index is 1900. The third kappa shape index (κ3) is 3.46. The first-order valence-corrected chi connectivity index (χ1v) is 13.3. The predicted molar refractivity (Wildman–Crippen MR) is 164 cm³/mol. The summed E-state index contributed by atoms with van der Waals surface area (Å²) < 4.78 is 0. The van der Waals surface area contributed by atoms with Crippen molar-refractivity contribution >= 4 is 38.6 Å². The maximum Gasteiger partial charge on any atom is 0.0644 e. The maximum absolute atomic E-state index is 4.37. The molecule has 1 aliphatic carbocycles. The van der Waals surface area contributed by atoms with E-state index in [0.717, 1.165) is 17.1 Å². The van der Waals surface area contributed by atoms with Crippen molar-refractivity contribution in [2.75, 3.05) is 4.90 Å². The summed E-state index contributed by atoms with van der Waals surface area (Å²) in [7, 11) is 0. The van der Waals surface area contributed by atoms with Gasteiger partial charge in [0.1, 0.15) is 0 Å². The van der Waals surface area contributed by atoms with Crippen molar-refractivity contribution in [1.29, 1.82) is 0 Å². The molecular weight excluding hydrogens is 472 g/mol. The van der Waals surface area contributed by atoms with Crippen LogP contribution < -0.4 is 4.90 Å². The van der Waals surface area contributed by atoms with Crippen LogP contribution in [0.2, 0.25) is 0 Å². The number of nitrogens with zero attached hydrogens (tertiary/aromatic N) is 2. The molecule has 0 spiro atoms. The van der Waals surface area contributed by atoms with Gasteiger partial charge in [-0.05, 0) is 103 Å². The molecule has 2 nitrogen and oxygen atoms in total. The summed E-state index contributed by atoms with van der Waals surface area (Å²) in [5, 5.41) is 5.22. The van der Waals surface area contributed by atoms with E-state index < -0.39 is 0 Å². The molecule has 0 unspecified atom stereocenters. The van der Waals surface area contributed by atoms with E-state index in [-0.39, 0.29) is 0 Å². The van der Waals surface area contributed by atoms with Crippen LogP contribution in [0.15, 0.2) is 146 Å². The van der Waals surface area contributed by atoms with E-state index in [0.29, 0.717) is 0 Å². The van der Waals surface area contributed by atoms with Crippen molar-refractivity contribution in [2.45, 2.75) is 0 Å². The van der Waals surface area contributed by atoms with E-state index in [2.05, 4.69) is 131 Å². The predicted octanol–water partition coefficient (Wildman–Crippen LogP) is 10.2. The first-order valence-electron chi connectivity index (χ1n) is 13.3. The van der Waals surface area contributed by atoms with Gasteiger partial charge in [-0.2, -0.15) is 0 Å². The van der Waals surface area contributed by atoms with Gasteiger partial charge in [0.15, 0.2) is 0 Å². The summed E-state index contributed by atoms with van der Waals surface area (Å²) >= 11 is 0. The number of rotatable bonds is 4. The average molecular weight is 497 g/mol. The minimum atomic E-state index is 1.03. The second-order valence-electron chi connectivity index (χ2n) is 10.1. The smallest absolute Gasteiger partial charge is 0.0644 e. The second-order valence-corrected chi connectivity index (χ2v) is 10.1. The van der Waals surface area contributed by atoms with Crippen molar-refractivity contribution in [3.8, 4) is 33.4 Å². The van der Waals surface area contributed by atoms with Crippen LogP contribution in [0.4, 0.5) is 17.1 Å². The van der Waals surface area contributed by atoms with Gasteiger partial charge >= 0.3 is 0 Å². The van der Waals surface area contributed by atoms with E-state index in [1.807, 2.05) is 24.5 Å². The van der Waals surface area contributed by atoms with Crippen LogP contribution in [0.5, 0.6) is 0 Å². The van der Waals surface area contributed by atoms with Gasteiger partial charge in [0.25, 0.3) is 0 Å². The lowest BCUT2D eigenvalue weighted by atomic mass is 9.94. The zero-order chi connectivity index (χ0) is 25.8. The van der Waals surface area contributed by atoms with Gasteiger partial charge in [0, 0.05) is 17.6 Å². The number of fused-ring (bicyclic) bond motifs is 4. The number of anilines is 3. The Morgan fingerprint density at radius 1 is 0.436 bits per heavy atom. The van der Waals surface area contributed by atoms with Gasteiger partial charge in [0.05, 0.1) is 11.9 Å². The minimum Gasteiger partial charge on any atom is -0.309 e. The van der Waals surface area contributed by atoms with Crippen LogP contribution >= 0.6 is 0 Å². The highest BCUT2D eigenvalue weighted by Gasteiger charge is 2.23. The fourth-order valence-electron chi connectivity index (χ4n) is 6.09. The molecular formula is C37H24N2. The molecule has 0 saturated heterocycles. The van der Waals surface area contributed by atoms with Crippen LogP contribution in [0.25, 0.3) is 54.9 Å². The minimum absolute atomic E-state index is 1.03. The molecule has 0 bridgehead atoms. The first-order chi connectivity index (χ1) is 19.3. The summed E-state index contributed by atoms with van der Waals surface area (Å²) in [5.41, 5.74) is 11.0. The highest BCUT2D eigenvalue weighted by Crippen LogP contribution is 2.50. The van der Waals surface area contributed by atoms with Crippen LogP contribution in [-0.4, -0.2) is 4.98 Å². The van der Waals surface area contributed by atoms with Gasteiger partial charge in [0.2, 0.25) is 0 Å². The molecule has 0 N–H and O–H groups in total. The molecule has 182 valence electrons. The van der Waals surface area contributed by atoms with Gasteiger partial charge < -0.3 is 4.90 Å². The summed E-state index contributed by atoms with van der Waals surface area (Å²) in [6, 6.07) is 48.1. The Balaban J connectivity index is 1.25. The van der Waals surface area contributed by atoms with Crippen molar-refractivity contribution in [1.82, 2.24) is 4.98 Å². The molecule has 1 aromatic heterocycles. The third-order valence-electron chi connectivity index (χ3n) is 7.86. The fourth-order valence-corrected chi connectivity index (χ4v) is 6.09. The zero-order valence-electron chi connectivity index (χ0n) is 21.3. The Morgan fingerprint density at radius 2 is 1.08 bits per heavy atom. The number of hydrogen-bond donors (Lipinski definition) is 0. The lowest BCUT2D eigenvalue weighted by molar-refractivity contribution is 1.23. The molecule has 0 atom stereocenters. The summed E-state index contributed by atoms with van der Waals surface area (Å²) in [6.45, 7) is 0. The van der Waals surface area contributed by atoms with Crippen molar-refractivity contribution in [3.05, 3.63) is 146 Å². The summed E-state index contributed by atoms with van der Waals surface area (Å²) in [4.78, 5) is 6.61. The van der Waals surface area contributed by atoms with Crippen LogP contribution in [0, 0.1) is 0 Å². The molecule has 7 aromatic rings. The van der Waals surface area contributed by atoms with Crippen LogP contribution in [-0.2, 0) is 0 Å². The molecule has 0 radical (unpaired) electrons. The molecule has 1 aliphatic rings. The monoisotopic (exact) mass is 496 g/mol. The lowest BCUT2D eigenvalue weighted by Crippen LogP contribution is -2.09. The van der Waals surface area contributed by atoms with Gasteiger partial charge in [-0.3, -0.25) is 4.98 Å². The van der Waals surface area contributed by atoms with Crippen molar-refractivity contribution in [3.63, 3.8) is 0 Å². The molecule has 2 heteroatoms. The van der Waals surface area contributed by atoms with E-state index in [1.54, 1.807) is 0 Å². The van der Waals surface area contributed by atoms with Crippen LogP contribution in [0.1, 0.15) is 0 Å². The molecule has 0 saturated carbocycles. The molecule has 1 heterocycles. The van der Waals surface area contributed by atoms with E-state index in [4.69, 9.17) is 0 Å². The number of aromatic nitrogens is 1. The standard InChI is InChI=1S/C37H24N2/c1-2-10-28(11-3-1)39(30-12-7-21-38-24-30)29-17-15-25(16-18-29)31-19-20-34-36-23-27-9-5-4-8-26(27)22-35(36)33-14-6-13-32(31)37(33)34/h1-24H. The number of pyridine rings is 1. The third-order valence-corrected chi connectivity index (χ3v) is 7.86. The number of hydrogen-bond acceptors (Lipinski definition) is 2. The summed E-state index contributed by atoms with van der Waals surface area (Å²) in [5.74, 6) is 0. The molecule has 8 rings (SSSR count). The molecule has 0 fully saturated rings. The van der Waals surface area contributed by atoms with Crippen molar-refractivity contribution in [2.24, 2.45) is 0 Å². The number of benzene rings is 6. The fraction of sp³-hybridized carbons (Fsp3) is 0.